The summed E-state index contributed by atoms with van der Waals surface area (Å²) in [4.78, 5) is 10.6. The van der Waals surface area contributed by atoms with Crippen LogP contribution in [0.2, 0.25) is 0 Å². The van der Waals surface area contributed by atoms with Gasteiger partial charge in [-0.3, -0.25) is 0 Å². The molecule has 2 atom stereocenters. The molecule has 0 radical (unpaired) electrons. The summed E-state index contributed by atoms with van der Waals surface area (Å²) in [7, 11) is 0. The lowest BCUT2D eigenvalue weighted by Gasteiger charge is -2.48. The quantitative estimate of drug-likeness (QED) is 0.629. The maximum Gasteiger partial charge on any atom is 0.514 e. The molecule has 1 heterocycles. The van der Waals surface area contributed by atoms with Crippen LogP contribution < -0.4 is 0 Å². The number of rotatable bonds is 1. The van der Waals surface area contributed by atoms with Crippen LogP contribution >= 0.6 is 0 Å². The third kappa shape index (κ3) is 1.29. The minimum atomic E-state index is -0.689. The molecule has 74 valence electrons. The molecule has 0 aromatic heterocycles. The van der Waals surface area contributed by atoms with Crippen molar-refractivity contribution in [2.45, 2.75) is 44.5 Å². The Morgan fingerprint density at radius 2 is 2.31 bits per heavy atom. The van der Waals surface area contributed by atoms with Gasteiger partial charge in [-0.05, 0) is 19.3 Å². The summed E-state index contributed by atoms with van der Waals surface area (Å²) in [6, 6.07) is 0. The van der Waals surface area contributed by atoms with E-state index in [1.165, 1.54) is 0 Å². The number of aliphatic hydroxyl groups is 1. The smallest absolute Gasteiger partial charge is 0.393 e. The number of hydrogen-bond donors (Lipinski definition) is 1. The highest BCUT2D eigenvalue weighted by atomic mass is 16.9. The monoisotopic (exact) mass is 186 g/mol. The Balaban J connectivity index is 2.06. The predicted octanol–water partition coefficient (Wildman–Crippen LogP) is 1.42. The van der Waals surface area contributed by atoms with Crippen LogP contribution in [0.15, 0.2) is 0 Å². The van der Waals surface area contributed by atoms with Crippen LogP contribution in [0.3, 0.4) is 0 Å². The van der Waals surface area contributed by atoms with Crippen molar-refractivity contribution in [3.05, 3.63) is 0 Å². The molecule has 13 heavy (non-hydrogen) atoms. The first-order valence-corrected chi connectivity index (χ1v) is 4.76. The lowest BCUT2D eigenvalue weighted by atomic mass is 9.79. The summed E-state index contributed by atoms with van der Waals surface area (Å²) in [5, 5.41) is 9.43. The van der Waals surface area contributed by atoms with Crippen LogP contribution in [0.25, 0.3) is 0 Å². The zero-order valence-electron chi connectivity index (χ0n) is 7.66. The Hall–Kier alpha value is -0.770. The number of carbonyl (C=O) groups excluding carboxylic acids is 1. The fourth-order valence-electron chi connectivity index (χ4n) is 2.23. The summed E-state index contributed by atoms with van der Waals surface area (Å²) in [5.41, 5.74) is 0. The fraction of sp³-hybridized carbons (Fsp3) is 0.889. The summed E-state index contributed by atoms with van der Waals surface area (Å²) in [6.45, 7) is 2.01. The average molecular weight is 186 g/mol. The third-order valence-electron chi connectivity index (χ3n) is 3.01. The second-order valence-electron chi connectivity index (χ2n) is 3.80. The Morgan fingerprint density at radius 1 is 1.62 bits per heavy atom. The van der Waals surface area contributed by atoms with Gasteiger partial charge in [0.2, 0.25) is 0 Å². The van der Waals surface area contributed by atoms with E-state index < -0.39 is 11.9 Å². The average Bonchev–Trinajstić information content (AvgIpc) is 2.06. The van der Waals surface area contributed by atoms with Crippen molar-refractivity contribution in [2.24, 2.45) is 5.92 Å². The molecule has 2 fully saturated rings. The van der Waals surface area contributed by atoms with E-state index in [0.717, 1.165) is 6.42 Å². The Morgan fingerprint density at radius 3 is 2.85 bits per heavy atom. The molecular weight excluding hydrogens is 172 g/mol. The molecule has 1 saturated carbocycles. The van der Waals surface area contributed by atoms with Gasteiger partial charge in [0, 0.05) is 12.3 Å². The molecule has 0 aromatic carbocycles. The maximum atomic E-state index is 10.6. The topological polar surface area (TPSA) is 55.8 Å². The molecular formula is C9H14O4. The Labute approximate surface area is 76.8 Å². The number of aliphatic hydroxyl groups excluding tert-OH is 1. The molecule has 1 spiro atoms. The largest absolute Gasteiger partial charge is 0.514 e. The number of ether oxygens (including phenoxy) is 2. The SMILES string of the molecule is CCC1CC(O)CCC12OC(=O)O2. The standard InChI is InChI=1S/C9H14O4/c1-2-6-5-7(10)3-4-9(6)12-8(11)13-9/h6-7,10H,2-5H2,1H3. The van der Waals surface area contributed by atoms with Crippen molar-refractivity contribution in [2.75, 3.05) is 0 Å². The van der Waals surface area contributed by atoms with Crippen LogP contribution in [0, 0.1) is 5.92 Å². The first kappa shape index (κ1) is 8.81. The lowest BCUT2D eigenvalue weighted by molar-refractivity contribution is -0.316. The molecule has 1 saturated heterocycles. The van der Waals surface area contributed by atoms with Gasteiger partial charge in [0.1, 0.15) is 0 Å². The van der Waals surface area contributed by atoms with Crippen molar-refractivity contribution < 1.29 is 19.4 Å². The minimum Gasteiger partial charge on any atom is -0.393 e. The summed E-state index contributed by atoms with van der Waals surface area (Å²) in [6.07, 6.45) is 1.98. The zero-order valence-corrected chi connectivity index (χ0v) is 7.66. The van der Waals surface area contributed by atoms with Gasteiger partial charge < -0.3 is 14.6 Å². The molecule has 1 N–H and O–H groups in total. The third-order valence-corrected chi connectivity index (χ3v) is 3.01. The molecule has 0 amide bonds. The van der Waals surface area contributed by atoms with Crippen molar-refractivity contribution in [1.82, 2.24) is 0 Å². The van der Waals surface area contributed by atoms with Gasteiger partial charge in [-0.15, -0.1) is 0 Å². The van der Waals surface area contributed by atoms with E-state index in [0.29, 0.717) is 19.3 Å². The summed E-state index contributed by atoms with van der Waals surface area (Å²) in [5.74, 6) is -0.542. The Bertz CT molecular complexity index is 218. The van der Waals surface area contributed by atoms with E-state index in [4.69, 9.17) is 9.47 Å². The predicted molar refractivity (Wildman–Crippen MR) is 43.9 cm³/mol. The van der Waals surface area contributed by atoms with Crippen molar-refractivity contribution in [1.29, 1.82) is 0 Å². The zero-order chi connectivity index (χ0) is 9.47. The number of carbonyl (C=O) groups is 1. The van der Waals surface area contributed by atoms with Gasteiger partial charge in [-0.2, -0.15) is 0 Å². The molecule has 2 rings (SSSR count). The highest BCUT2D eigenvalue weighted by molar-refractivity contribution is 5.65. The molecule has 4 nitrogen and oxygen atoms in total. The second-order valence-corrected chi connectivity index (χ2v) is 3.80. The van der Waals surface area contributed by atoms with Crippen LogP contribution in [0.5, 0.6) is 0 Å². The maximum absolute atomic E-state index is 10.6. The summed E-state index contributed by atoms with van der Waals surface area (Å²) < 4.78 is 10.1. The molecule has 2 aliphatic rings. The lowest BCUT2D eigenvalue weighted by Crippen LogP contribution is -2.58. The molecule has 2 unspecified atom stereocenters. The van der Waals surface area contributed by atoms with Crippen molar-refractivity contribution in [3.63, 3.8) is 0 Å². The normalized spacial score (nSPS) is 36.3. The molecule has 0 bridgehead atoms. The summed E-state index contributed by atoms with van der Waals surface area (Å²) >= 11 is 0. The van der Waals surface area contributed by atoms with Gasteiger partial charge in [0.15, 0.2) is 0 Å². The minimum absolute atomic E-state index is 0.147. The molecule has 1 aliphatic heterocycles. The first-order chi connectivity index (χ1) is 6.16. The highest BCUT2D eigenvalue weighted by Crippen LogP contribution is 2.45. The van der Waals surface area contributed by atoms with Gasteiger partial charge in [0.25, 0.3) is 5.79 Å². The number of hydrogen-bond acceptors (Lipinski definition) is 4. The van der Waals surface area contributed by atoms with E-state index >= 15 is 0 Å². The van der Waals surface area contributed by atoms with E-state index in [1.807, 2.05) is 6.92 Å². The van der Waals surface area contributed by atoms with Gasteiger partial charge >= 0.3 is 6.16 Å². The van der Waals surface area contributed by atoms with Crippen molar-refractivity contribution >= 4 is 6.16 Å². The Kier molecular flexibility index (Phi) is 1.95. The van der Waals surface area contributed by atoms with E-state index in [2.05, 4.69) is 0 Å². The van der Waals surface area contributed by atoms with Crippen LogP contribution in [-0.4, -0.2) is 23.2 Å². The molecule has 1 aliphatic carbocycles. The fourth-order valence-corrected chi connectivity index (χ4v) is 2.23. The van der Waals surface area contributed by atoms with E-state index in [9.17, 15) is 9.90 Å². The van der Waals surface area contributed by atoms with Crippen LogP contribution in [-0.2, 0) is 9.47 Å². The van der Waals surface area contributed by atoms with E-state index in [-0.39, 0.29) is 12.0 Å². The highest BCUT2D eigenvalue weighted by Gasteiger charge is 2.56. The van der Waals surface area contributed by atoms with Gasteiger partial charge in [-0.1, -0.05) is 6.92 Å². The second kappa shape index (κ2) is 2.87. The van der Waals surface area contributed by atoms with Gasteiger partial charge in [-0.25, -0.2) is 4.79 Å². The molecule has 0 aromatic rings. The van der Waals surface area contributed by atoms with Crippen LogP contribution in [0.4, 0.5) is 4.79 Å². The molecule has 4 heteroatoms. The van der Waals surface area contributed by atoms with E-state index in [1.54, 1.807) is 0 Å². The van der Waals surface area contributed by atoms with Crippen LogP contribution in [0.1, 0.15) is 32.6 Å². The van der Waals surface area contributed by atoms with Crippen molar-refractivity contribution in [3.8, 4) is 0 Å². The first-order valence-electron chi connectivity index (χ1n) is 4.76. The van der Waals surface area contributed by atoms with Gasteiger partial charge in [0.05, 0.1) is 6.10 Å².